The zero-order valence-corrected chi connectivity index (χ0v) is 6.83. The van der Waals surface area contributed by atoms with Crippen LogP contribution >= 0.6 is 0 Å². The van der Waals surface area contributed by atoms with Crippen molar-refractivity contribution in [1.29, 1.82) is 0 Å². The molecule has 13 heavy (non-hydrogen) atoms. The van der Waals surface area contributed by atoms with Crippen LogP contribution in [-0.2, 0) is 15.5 Å². The Labute approximate surface area is 73.4 Å². The van der Waals surface area contributed by atoms with E-state index in [0.717, 1.165) is 19.2 Å². The molecule has 0 atom stereocenters. The highest BCUT2D eigenvalue weighted by Gasteiger charge is 2.42. The van der Waals surface area contributed by atoms with E-state index < -0.39 is 17.5 Å². The van der Waals surface area contributed by atoms with Crippen molar-refractivity contribution in [3.8, 4) is 0 Å². The number of aromatic nitrogens is 1. The van der Waals surface area contributed by atoms with E-state index in [0.29, 0.717) is 0 Å². The van der Waals surface area contributed by atoms with Crippen molar-refractivity contribution in [3.63, 3.8) is 0 Å². The minimum atomic E-state index is -3.60. The van der Waals surface area contributed by atoms with Gasteiger partial charge in [0, 0.05) is 18.0 Å². The van der Waals surface area contributed by atoms with Gasteiger partial charge in [-0.05, 0) is 12.1 Å². The maximum absolute atomic E-state index is 13.0. The fraction of sp³-hybridized carbons (Fsp3) is 0.250. The number of alkyl halides is 2. The lowest BCUT2D eigenvalue weighted by molar-refractivity contribution is -0.170. The van der Waals surface area contributed by atoms with Crippen LogP contribution in [0, 0.1) is 0 Å². The summed E-state index contributed by atoms with van der Waals surface area (Å²) in [5.41, 5.74) is -0.422. The molecule has 0 saturated carbocycles. The molecule has 0 fully saturated rings. The van der Waals surface area contributed by atoms with Crippen molar-refractivity contribution in [1.82, 2.24) is 4.98 Å². The van der Waals surface area contributed by atoms with Crippen LogP contribution < -0.4 is 0 Å². The van der Waals surface area contributed by atoms with Gasteiger partial charge in [-0.25, -0.2) is 4.79 Å². The Morgan fingerprint density at radius 1 is 1.46 bits per heavy atom. The maximum Gasteiger partial charge on any atom is 0.381 e. The Balaban J connectivity index is 3.00. The molecule has 0 N–H and O–H groups in total. The predicted molar refractivity (Wildman–Crippen MR) is 40.1 cm³/mol. The molecule has 0 spiro atoms. The largest absolute Gasteiger partial charge is 0.464 e. The second kappa shape index (κ2) is 3.47. The van der Waals surface area contributed by atoms with E-state index in [9.17, 15) is 13.6 Å². The summed E-state index contributed by atoms with van der Waals surface area (Å²) in [5, 5.41) is 0. The summed E-state index contributed by atoms with van der Waals surface area (Å²) in [4.78, 5) is 14.2. The van der Waals surface area contributed by atoms with Gasteiger partial charge in [0.25, 0.3) is 0 Å². The number of rotatable bonds is 2. The highest BCUT2D eigenvalue weighted by Crippen LogP contribution is 2.28. The average Bonchev–Trinajstić information content (AvgIpc) is 2.18. The molecule has 3 nitrogen and oxygen atoms in total. The smallest absolute Gasteiger partial charge is 0.381 e. The first-order valence-corrected chi connectivity index (χ1v) is 3.45. The molecule has 0 aromatic carbocycles. The quantitative estimate of drug-likeness (QED) is 0.656. The van der Waals surface area contributed by atoms with Gasteiger partial charge in [-0.15, -0.1) is 0 Å². The number of methoxy groups -OCH3 is 1. The topological polar surface area (TPSA) is 39.2 Å². The molecule has 0 aliphatic rings. The monoisotopic (exact) mass is 187 g/mol. The van der Waals surface area contributed by atoms with Gasteiger partial charge < -0.3 is 4.74 Å². The van der Waals surface area contributed by atoms with Gasteiger partial charge in [-0.1, -0.05) is 0 Å². The molecule has 0 unspecified atom stereocenters. The van der Waals surface area contributed by atoms with Crippen LogP contribution in [0.1, 0.15) is 5.56 Å². The number of esters is 1. The van der Waals surface area contributed by atoms with Crippen molar-refractivity contribution in [2.75, 3.05) is 7.11 Å². The number of ether oxygens (including phenoxy) is 1. The van der Waals surface area contributed by atoms with Crippen LogP contribution in [0.15, 0.2) is 24.5 Å². The van der Waals surface area contributed by atoms with Crippen LogP contribution in [0.4, 0.5) is 8.78 Å². The van der Waals surface area contributed by atoms with Crippen LogP contribution in [0.5, 0.6) is 0 Å². The zero-order chi connectivity index (χ0) is 9.90. The molecule has 1 heterocycles. The zero-order valence-electron chi connectivity index (χ0n) is 6.83. The van der Waals surface area contributed by atoms with Crippen molar-refractivity contribution >= 4 is 5.97 Å². The Morgan fingerprint density at radius 3 is 2.46 bits per heavy atom. The molecule has 1 aromatic rings. The number of nitrogens with zero attached hydrogens (tertiary/aromatic N) is 1. The fourth-order valence-corrected chi connectivity index (χ4v) is 0.807. The van der Waals surface area contributed by atoms with Gasteiger partial charge in [-0.3, -0.25) is 4.98 Å². The third-order valence-corrected chi connectivity index (χ3v) is 1.48. The molecule has 5 heteroatoms. The molecule has 70 valence electrons. The Morgan fingerprint density at radius 2 is 2.00 bits per heavy atom. The third kappa shape index (κ3) is 1.80. The fourth-order valence-electron chi connectivity index (χ4n) is 0.807. The van der Waals surface area contributed by atoms with Gasteiger partial charge >= 0.3 is 11.9 Å². The van der Waals surface area contributed by atoms with Crippen LogP contribution in [0.25, 0.3) is 0 Å². The average molecular weight is 187 g/mol. The van der Waals surface area contributed by atoms with Crippen LogP contribution in [-0.4, -0.2) is 18.1 Å². The number of hydrogen-bond acceptors (Lipinski definition) is 3. The van der Waals surface area contributed by atoms with E-state index in [1.165, 1.54) is 12.4 Å². The van der Waals surface area contributed by atoms with Gasteiger partial charge in [0.1, 0.15) is 0 Å². The number of carbonyl (C=O) groups is 1. The first kappa shape index (κ1) is 9.57. The van der Waals surface area contributed by atoms with E-state index in [1.54, 1.807) is 0 Å². The first-order valence-electron chi connectivity index (χ1n) is 3.45. The lowest BCUT2D eigenvalue weighted by Gasteiger charge is -2.12. The van der Waals surface area contributed by atoms with E-state index in [-0.39, 0.29) is 0 Å². The summed E-state index contributed by atoms with van der Waals surface area (Å²) in [6.45, 7) is 0. The second-order valence-corrected chi connectivity index (χ2v) is 2.30. The highest BCUT2D eigenvalue weighted by atomic mass is 19.3. The van der Waals surface area contributed by atoms with E-state index >= 15 is 0 Å². The number of hydrogen-bond donors (Lipinski definition) is 0. The molecule has 1 aromatic heterocycles. The summed E-state index contributed by atoms with van der Waals surface area (Å²) in [6, 6.07) is 2.13. The summed E-state index contributed by atoms with van der Waals surface area (Å²) in [6.07, 6.45) is 2.37. The summed E-state index contributed by atoms with van der Waals surface area (Å²) >= 11 is 0. The molecule has 0 amide bonds. The molecule has 0 radical (unpaired) electrons. The number of halogens is 2. The van der Waals surface area contributed by atoms with Crippen molar-refractivity contribution in [3.05, 3.63) is 30.1 Å². The Hall–Kier alpha value is -1.52. The molecule has 0 saturated heterocycles. The molecule has 0 bridgehead atoms. The van der Waals surface area contributed by atoms with Crippen molar-refractivity contribution in [2.45, 2.75) is 5.92 Å². The van der Waals surface area contributed by atoms with Crippen molar-refractivity contribution in [2.24, 2.45) is 0 Å². The number of carbonyl (C=O) groups excluding carboxylic acids is 1. The Bertz CT molecular complexity index is 300. The maximum atomic E-state index is 13.0. The second-order valence-electron chi connectivity index (χ2n) is 2.30. The summed E-state index contributed by atoms with van der Waals surface area (Å²) in [7, 11) is 0.914. The summed E-state index contributed by atoms with van der Waals surface area (Å²) in [5.74, 6) is -5.17. The van der Waals surface area contributed by atoms with Crippen LogP contribution in [0.2, 0.25) is 0 Å². The van der Waals surface area contributed by atoms with Crippen LogP contribution in [0.3, 0.4) is 0 Å². The molecule has 0 aliphatic heterocycles. The molecular weight excluding hydrogens is 180 g/mol. The molecule has 1 rings (SSSR count). The van der Waals surface area contributed by atoms with E-state index in [1.807, 2.05) is 0 Å². The van der Waals surface area contributed by atoms with Gasteiger partial charge in [-0.2, -0.15) is 8.78 Å². The number of pyridine rings is 1. The van der Waals surface area contributed by atoms with Crippen molar-refractivity contribution < 1.29 is 18.3 Å². The molecule has 0 aliphatic carbocycles. The normalized spacial score (nSPS) is 11.0. The first-order chi connectivity index (χ1) is 6.09. The predicted octanol–water partition coefficient (Wildman–Crippen LogP) is 1.35. The SMILES string of the molecule is COC(=O)C(F)(F)c1ccncc1. The third-order valence-electron chi connectivity index (χ3n) is 1.48. The minimum absolute atomic E-state index is 0.422. The van der Waals surface area contributed by atoms with E-state index in [2.05, 4.69) is 9.72 Å². The lowest BCUT2D eigenvalue weighted by Crippen LogP contribution is -2.27. The standard InChI is InChI=1S/C8H7F2NO2/c1-13-7(12)8(9,10)6-2-4-11-5-3-6/h2-5H,1H3. The highest BCUT2D eigenvalue weighted by molar-refractivity contribution is 5.79. The minimum Gasteiger partial charge on any atom is -0.464 e. The summed E-state index contributed by atoms with van der Waals surface area (Å²) < 4.78 is 30.1. The lowest BCUT2D eigenvalue weighted by atomic mass is 10.1. The van der Waals surface area contributed by atoms with Gasteiger partial charge in [0.05, 0.1) is 7.11 Å². The Kier molecular flexibility index (Phi) is 2.55. The van der Waals surface area contributed by atoms with E-state index in [4.69, 9.17) is 0 Å². The van der Waals surface area contributed by atoms with Gasteiger partial charge in [0.2, 0.25) is 0 Å². The van der Waals surface area contributed by atoms with Gasteiger partial charge in [0.15, 0.2) is 0 Å². The molecular formula is C8H7F2NO2.